The number of amides is 2. The van der Waals surface area contributed by atoms with Gasteiger partial charge >= 0.3 is 12.1 Å². The first kappa shape index (κ1) is 21.1. The first-order chi connectivity index (χ1) is 11.8. The van der Waals surface area contributed by atoms with Gasteiger partial charge in [-0.25, -0.2) is 9.59 Å². The van der Waals surface area contributed by atoms with E-state index < -0.39 is 29.3 Å². The largest absolute Gasteiger partial charge is 0.455 e. The Labute approximate surface area is 166 Å². The number of hydrogen-bond donors (Lipinski definition) is 1. The molecule has 0 unspecified atom stereocenters. The highest BCUT2D eigenvalue weighted by Gasteiger charge is 2.54. The van der Waals surface area contributed by atoms with Crippen molar-refractivity contribution in [3.63, 3.8) is 0 Å². The molecule has 2 aliphatic rings. The summed E-state index contributed by atoms with van der Waals surface area (Å²) in [7, 11) is 0. The first-order valence-corrected chi connectivity index (χ1v) is 10.4. The van der Waals surface area contributed by atoms with E-state index in [0.717, 1.165) is 4.91 Å². The van der Waals surface area contributed by atoms with Crippen LogP contribution in [-0.2, 0) is 19.1 Å². The van der Waals surface area contributed by atoms with Crippen molar-refractivity contribution < 1.29 is 23.9 Å². The van der Waals surface area contributed by atoms with Gasteiger partial charge in [-0.3, -0.25) is 9.69 Å². The lowest BCUT2D eigenvalue weighted by Gasteiger charge is -2.50. The number of rotatable bonds is 3. The van der Waals surface area contributed by atoms with Gasteiger partial charge in [-0.1, -0.05) is 15.9 Å². The number of hydrogen-bond acceptors (Lipinski definition) is 6. The van der Waals surface area contributed by atoms with Crippen LogP contribution in [0.1, 0.15) is 41.5 Å². The summed E-state index contributed by atoms with van der Waals surface area (Å²) in [5.41, 5.74) is -1.06. The zero-order chi connectivity index (χ0) is 19.9. The summed E-state index contributed by atoms with van der Waals surface area (Å²) in [6.07, 6.45) is -0.644. The van der Waals surface area contributed by atoms with Crippen LogP contribution in [0.15, 0.2) is 10.6 Å². The van der Waals surface area contributed by atoms with Crippen LogP contribution in [-0.4, -0.2) is 57.2 Å². The average Bonchev–Trinajstić information content (AvgIpc) is 2.47. The van der Waals surface area contributed by atoms with Crippen molar-refractivity contribution >= 4 is 45.7 Å². The zero-order valence-corrected chi connectivity index (χ0v) is 18.2. The Hall–Kier alpha value is -1.22. The quantitative estimate of drug-likeness (QED) is 0.405. The smallest absolute Gasteiger partial charge is 0.408 e. The fourth-order valence-corrected chi connectivity index (χ4v) is 4.47. The number of alkyl carbamates (subject to hydrolysis) is 1. The maximum atomic E-state index is 12.6. The third-order valence-electron chi connectivity index (χ3n) is 3.54. The van der Waals surface area contributed by atoms with Gasteiger partial charge in [0.15, 0.2) is 0 Å². The summed E-state index contributed by atoms with van der Waals surface area (Å²) in [5.74, 6) is -0.284. The molecular formula is C17H25BrN2O5S. The van der Waals surface area contributed by atoms with E-state index in [4.69, 9.17) is 9.47 Å². The van der Waals surface area contributed by atoms with Gasteiger partial charge in [0.25, 0.3) is 5.91 Å². The number of ether oxygens (including phenoxy) is 2. The predicted octanol–water partition coefficient (Wildman–Crippen LogP) is 2.79. The number of thioether (sulfide) groups is 1. The number of halogens is 1. The molecule has 0 saturated carbocycles. The second-order valence-corrected chi connectivity index (χ2v) is 9.79. The summed E-state index contributed by atoms with van der Waals surface area (Å²) in [4.78, 5) is 39.4. The molecule has 0 aromatic carbocycles. The van der Waals surface area contributed by atoms with Crippen LogP contribution >= 0.6 is 27.7 Å². The van der Waals surface area contributed by atoms with Crippen LogP contribution in [0.4, 0.5) is 4.79 Å². The van der Waals surface area contributed by atoms with Crippen molar-refractivity contribution in [1.82, 2.24) is 10.2 Å². The Kier molecular flexibility index (Phi) is 6.02. The topological polar surface area (TPSA) is 84.9 Å². The van der Waals surface area contributed by atoms with Crippen molar-refractivity contribution in [1.29, 1.82) is 0 Å². The molecule has 0 spiro atoms. The van der Waals surface area contributed by atoms with Gasteiger partial charge in [0.2, 0.25) is 0 Å². The highest BCUT2D eigenvalue weighted by Crippen LogP contribution is 2.40. The zero-order valence-electron chi connectivity index (χ0n) is 15.8. The van der Waals surface area contributed by atoms with Gasteiger partial charge in [0, 0.05) is 16.0 Å². The Bertz CT molecular complexity index is 651. The molecule has 9 heteroatoms. The molecule has 0 radical (unpaired) electrons. The highest BCUT2D eigenvalue weighted by atomic mass is 79.9. The number of carbonyl (C=O) groups excluding carboxylic acids is 3. The number of carbonyl (C=O) groups is 3. The summed E-state index contributed by atoms with van der Waals surface area (Å²) in [6.45, 7) is 10.6. The van der Waals surface area contributed by atoms with E-state index in [1.165, 1.54) is 16.7 Å². The maximum Gasteiger partial charge on any atom is 0.408 e. The molecule has 1 fully saturated rings. The van der Waals surface area contributed by atoms with Gasteiger partial charge in [-0.2, -0.15) is 0 Å². The van der Waals surface area contributed by atoms with Crippen LogP contribution in [0, 0.1) is 0 Å². The number of β-lactam (4-membered cyclic amide) rings is 1. The lowest BCUT2D eigenvalue weighted by atomic mass is 9.95. The molecule has 7 nitrogen and oxygen atoms in total. The van der Waals surface area contributed by atoms with Gasteiger partial charge in [0.05, 0.1) is 6.04 Å². The van der Waals surface area contributed by atoms with Crippen molar-refractivity contribution in [2.45, 2.75) is 64.8 Å². The van der Waals surface area contributed by atoms with E-state index in [1.807, 2.05) is 0 Å². The van der Waals surface area contributed by atoms with E-state index in [2.05, 4.69) is 21.2 Å². The second kappa shape index (κ2) is 7.42. The molecule has 0 bridgehead atoms. The molecule has 26 heavy (non-hydrogen) atoms. The van der Waals surface area contributed by atoms with Crippen LogP contribution < -0.4 is 5.32 Å². The lowest BCUT2D eigenvalue weighted by Crippen LogP contribution is -2.72. The summed E-state index contributed by atoms with van der Waals surface area (Å²) < 4.78 is 10.7. The number of allylic oxidation sites excluding steroid dienone is 1. The van der Waals surface area contributed by atoms with Gasteiger partial charge < -0.3 is 14.8 Å². The van der Waals surface area contributed by atoms with E-state index in [-0.39, 0.29) is 17.6 Å². The Morgan fingerprint density at radius 1 is 1.19 bits per heavy atom. The van der Waals surface area contributed by atoms with Crippen LogP contribution in [0.25, 0.3) is 0 Å². The molecule has 1 N–H and O–H groups in total. The SMILES string of the molecule is CC(C)(C)OC(=O)N[C@H]1C(=O)N2C(C(=O)OC(C)(C)C)=C(CBr)SC[C@@H]12. The molecule has 0 aromatic rings. The highest BCUT2D eigenvalue weighted by molar-refractivity contribution is 9.09. The molecule has 1 saturated heterocycles. The number of alkyl halides is 1. The summed E-state index contributed by atoms with van der Waals surface area (Å²) in [6, 6.07) is -1.00. The predicted molar refractivity (Wildman–Crippen MR) is 103 cm³/mol. The summed E-state index contributed by atoms with van der Waals surface area (Å²) in [5, 5.41) is 3.06. The van der Waals surface area contributed by atoms with E-state index in [0.29, 0.717) is 11.1 Å². The van der Waals surface area contributed by atoms with Crippen LogP contribution in [0.3, 0.4) is 0 Å². The number of fused-ring (bicyclic) bond motifs is 1. The Morgan fingerprint density at radius 3 is 2.27 bits per heavy atom. The minimum absolute atomic E-state index is 0.255. The lowest BCUT2D eigenvalue weighted by molar-refractivity contribution is -0.160. The molecule has 2 atom stereocenters. The Morgan fingerprint density at radius 2 is 1.77 bits per heavy atom. The minimum atomic E-state index is -0.702. The molecular weight excluding hydrogens is 424 g/mol. The van der Waals surface area contributed by atoms with Crippen molar-refractivity contribution in [2.24, 2.45) is 0 Å². The van der Waals surface area contributed by atoms with E-state index >= 15 is 0 Å². The minimum Gasteiger partial charge on any atom is -0.455 e. The number of nitrogens with zero attached hydrogens (tertiary/aromatic N) is 1. The average molecular weight is 449 g/mol. The molecule has 2 aliphatic heterocycles. The van der Waals surface area contributed by atoms with Gasteiger partial charge in [-0.05, 0) is 41.5 Å². The molecule has 2 rings (SSSR count). The Balaban J connectivity index is 2.16. The van der Waals surface area contributed by atoms with Crippen molar-refractivity contribution in [2.75, 3.05) is 11.1 Å². The maximum absolute atomic E-state index is 12.6. The second-order valence-electron chi connectivity index (χ2n) is 8.12. The summed E-state index contributed by atoms with van der Waals surface area (Å²) >= 11 is 4.85. The van der Waals surface area contributed by atoms with Crippen LogP contribution in [0.5, 0.6) is 0 Å². The van der Waals surface area contributed by atoms with Crippen molar-refractivity contribution in [3.8, 4) is 0 Å². The molecule has 0 aliphatic carbocycles. The van der Waals surface area contributed by atoms with Crippen LogP contribution in [0.2, 0.25) is 0 Å². The normalized spacial score (nSPS) is 23.2. The molecule has 146 valence electrons. The monoisotopic (exact) mass is 448 g/mol. The fourth-order valence-electron chi connectivity index (χ4n) is 2.61. The standard InChI is InChI=1S/C17H25BrN2O5S/c1-16(2,3)24-14(22)12-10(7-18)26-8-9-11(13(21)20(9)12)19-15(23)25-17(4,5)6/h9,11H,7-8H2,1-6H3,(H,19,23)/t9-,11+/m0/s1. The fraction of sp³-hybridized carbons (Fsp3) is 0.706. The van der Waals surface area contributed by atoms with E-state index in [9.17, 15) is 14.4 Å². The van der Waals surface area contributed by atoms with Gasteiger partial charge in [0.1, 0.15) is 22.9 Å². The molecule has 0 aromatic heterocycles. The number of esters is 1. The van der Waals surface area contributed by atoms with Crippen molar-refractivity contribution in [3.05, 3.63) is 10.6 Å². The third-order valence-corrected chi connectivity index (χ3v) is 5.67. The molecule has 2 heterocycles. The number of nitrogens with one attached hydrogen (secondary N) is 1. The first-order valence-electron chi connectivity index (χ1n) is 8.32. The van der Waals surface area contributed by atoms with E-state index in [1.54, 1.807) is 41.5 Å². The molecule has 2 amide bonds. The third kappa shape index (κ3) is 4.73. The van der Waals surface area contributed by atoms with Gasteiger partial charge in [-0.15, -0.1) is 11.8 Å².